The molecule has 3 aliphatic heterocycles. The highest BCUT2D eigenvalue weighted by atomic mass is 16.5. The predicted molar refractivity (Wildman–Crippen MR) is 267 cm³/mol. The molecule has 0 saturated carbocycles. The summed E-state index contributed by atoms with van der Waals surface area (Å²) in [7, 11) is 4.75. The van der Waals surface area contributed by atoms with E-state index >= 15 is 4.79 Å². The molecule has 3 aliphatic rings. The molecule has 13 heteroatoms. The quantitative estimate of drug-likeness (QED) is 0.0971. The smallest absolute Gasteiger partial charge is 0.264 e. The van der Waals surface area contributed by atoms with Gasteiger partial charge in [-0.1, -0.05) is 69.3 Å². The van der Waals surface area contributed by atoms with Gasteiger partial charge in [-0.05, 0) is 125 Å². The average Bonchev–Trinajstić information content (AvgIpc) is 3.81. The van der Waals surface area contributed by atoms with E-state index < -0.39 is 35.0 Å². The Hall–Kier alpha value is -7.48. The fourth-order valence-electron chi connectivity index (χ4n) is 10.8. The standard InChI is InChI=1S/C57H58N4O9/c1-35-52(56(2,3)41-17-26-47(69-6)27-18-41)50(31-51(63)60-33-40-10-8-7-9-39(40)29-44(60)34-62)70-57(35)48-30-43(59-54(65)38-15-24-46(68-5)25-16-38)21-28-49(48)61(55(57)66)32-36-11-19-42(20-12-36)58-53(64)37-13-22-45(67-4)23-14-37/h7-28,30,35,44,50,52,62H,29,31-34H2,1-6H3,(H,58,64)(H,59,65)/t35-,44-,50+,52-,57+/m0/s1. The largest absolute Gasteiger partial charge is 0.497 e. The Morgan fingerprint density at radius 2 is 1.27 bits per heavy atom. The monoisotopic (exact) mass is 942 g/mol. The molecule has 1 saturated heterocycles. The van der Waals surface area contributed by atoms with Gasteiger partial charge in [0.05, 0.1) is 58.7 Å². The molecule has 3 heterocycles. The van der Waals surface area contributed by atoms with E-state index in [-0.39, 0.29) is 43.2 Å². The number of nitrogens with zero attached hydrogens (tertiary/aromatic N) is 2. The number of anilines is 3. The van der Waals surface area contributed by atoms with E-state index in [2.05, 4.69) is 24.5 Å². The molecule has 1 spiro atoms. The lowest BCUT2D eigenvalue weighted by atomic mass is 9.63. The SMILES string of the molecule is COc1ccc(C(=O)Nc2ccc(CN3C(=O)[C@]4(O[C@H](CC(=O)N5Cc6ccccc6C[C@H]5CO)[C@@H](C(C)(C)c5ccc(OC)cc5)[C@@H]4C)c4cc(NC(=O)c5ccc(OC)cc5)ccc43)cc2)cc1. The summed E-state index contributed by atoms with van der Waals surface area (Å²) in [6.45, 7) is 6.59. The van der Waals surface area contributed by atoms with E-state index in [1.54, 1.807) is 97.9 Å². The van der Waals surface area contributed by atoms with Crippen LogP contribution in [0.3, 0.4) is 0 Å². The van der Waals surface area contributed by atoms with E-state index in [4.69, 9.17) is 18.9 Å². The first-order valence-corrected chi connectivity index (χ1v) is 23.5. The van der Waals surface area contributed by atoms with E-state index in [1.807, 2.05) is 79.7 Å². The summed E-state index contributed by atoms with van der Waals surface area (Å²) in [5.41, 5.74) is 4.77. The Labute approximate surface area is 408 Å². The van der Waals surface area contributed by atoms with Gasteiger partial charge in [-0.3, -0.25) is 19.2 Å². The van der Waals surface area contributed by atoms with Gasteiger partial charge in [0, 0.05) is 46.4 Å². The maximum atomic E-state index is 15.8. The van der Waals surface area contributed by atoms with Crippen molar-refractivity contribution in [1.82, 2.24) is 4.90 Å². The number of rotatable bonds is 14. The van der Waals surface area contributed by atoms with Gasteiger partial charge in [-0.25, -0.2) is 0 Å². The van der Waals surface area contributed by atoms with Gasteiger partial charge >= 0.3 is 0 Å². The van der Waals surface area contributed by atoms with Crippen LogP contribution in [0.15, 0.2) is 140 Å². The predicted octanol–water partition coefficient (Wildman–Crippen LogP) is 8.92. The minimum absolute atomic E-state index is 0.0464. The minimum Gasteiger partial charge on any atom is -0.497 e. The summed E-state index contributed by atoms with van der Waals surface area (Å²) in [5, 5.41) is 16.6. The van der Waals surface area contributed by atoms with Crippen LogP contribution in [0.5, 0.6) is 17.2 Å². The summed E-state index contributed by atoms with van der Waals surface area (Å²) in [4.78, 5) is 61.0. The molecular weight excluding hydrogens is 885 g/mol. The van der Waals surface area contributed by atoms with Crippen LogP contribution >= 0.6 is 0 Å². The Morgan fingerprint density at radius 3 is 1.84 bits per heavy atom. The molecule has 0 aliphatic carbocycles. The maximum absolute atomic E-state index is 15.8. The number of benzene rings is 6. The maximum Gasteiger partial charge on any atom is 0.264 e. The van der Waals surface area contributed by atoms with Crippen molar-refractivity contribution in [3.8, 4) is 17.2 Å². The van der Waals surface area contributed by atoms with Crippen LogP contribution in [0.25, 0.3) is 0 Å². The van der Waals surface area contributed by atoms with Crippen molar-refractivity contribution in [3.05, 3.63) is 178 Å². The number of fused-ring (bicyclic) bond motifs is 3. The topological polar surface area (TPSA) is 156 Å². The van der Waals surface area contributed by atoms with Crippen LogP contribution in [-0.4, -0.2) is 73.7 Å². The molecule has 6 aromatic carbocycles. The highest BCUT2D eigenvalue weighted by molar-refractivity contribution is 6.09. The minimum atomic E-state index is -1.59. The first-order valence-electron chi connectivity index (χ1n) is 23.5. The van der Waals surface area contributed by atoms with E-state index in [0.29, 0.717) is 64.0 Å². The molecule has 0 radical (unpaired) electrons. The summed E-state index contributed by atoms with van der Waals surface area (Å²) in [6, 6.07) is 41.8. The van der Waals surface area contributed by atoms with Crippen LogP contribution in [0.1, 0.15) is 75.7 Å². The van der Waals surface area contributed by atoms with Gasteiger partial charge in [0.25, 0.3) is 17.7 Å². The Bertz CT molecular complexity index is 2900. The van der Waals surface area contributed by atoms with E-state index in [0.717, 1.165) is 22.3 Å². The van der Waals surface area contributed by atoms with Gasteiger partial charge in [-0.2, -0.15) is 0 Å². The molecule has 4 amide bonds. The number of aliphatic hydroxyl groups excluding tert-OH is 1. The number of hydrogen-bond donors (Lipinski definition) is 3. The Balaban J connectivity index is 1.09. The molecule has 6 aromatic rings. The van der Waals surface area contributed by atoms with E-state index in [9.17, 15) is 19.5 Å². The highest BCUT2D eigenvalue weighted by Gasteiger charge is 2.66. The van der Waals surface area contributed by atoms with Gasteiger partial charge in [0.2, 0.25) is 5.91 Å². The van der Waals surface area contributed by atoms with Crippen molar-refractivity contribution < 1.29 is 43.2 Å². The second-order valence-electron chi connectivity index (χ2n) is 18.9. The number of nitrogens with one attached hydrogen (secondary N) is 2. The number of carbonyl (C=O) groups is 4. The third-order valence-electron chi connectivity index (χ3n) is 14.6. The van der Waals surface area contributed by atoms with Crippen LogP contribution in [-0.2, 0) is 44.9 Å². The summed E-state index contributed by atoms with van der Waals surface area (Å²) >= 11 is 0. The van der Waals surface area contributed by atoms with Crippen molar-refractivity contribution in [3.63, 3.8) is 0 Å². The fourth-order valence-corrected chi connectivity index (χ4v) is 10.8. The van der Waals surface area contributed by atoms with Gasteiger partial charge in [0.1, 0.15) is 17.2 Å². The van der Waals surface area contributed by atoms with Crippen LogP contribution in [0, 0.1) is 11.8 Å². The Morgan fingerprint density at radius 1 is 0.729 bits per heavy atom. The van der Waals surface area contributed by atoms with E-state index in [1.165, 1.54) is 0 Å². The normalized spacial score (nSPS) is 20.4. The second kappa shape index (κ2) is 19.5. The second-order valence-corrected chi connectivity index (χ2v) is 18.9. The Kier molecular flexibility index (Phi) is 13.2. The first kappa shape index (κ1) is 47.6. The molecule has 3 N–H and O–H groups in total. The third kappa shape index (κ3) is 8.86. The van der Waals surface area contributed by atoms with Crippen molar-refractivity contribution in [2.24, 2.45) is 11.8 Å². The molecule has 70 heavy (non-hydrogen) atoms. The zero-order valence-corrected chi connectivity index (χ0v) is 40.2. The summed E-state index contributed by atoms with van der Waals surface area (Å²) < 4.78 is 23.4. The molecule has 9 rings (SSSR count). The lowest BCUT2D eigenvalue weighted by Gasteiger charge is -2.40. The number of methoxy groups -OCH3 is 3. The van der Waals surface area contributed by atoms with Crippen molar-refractivity contribution >= 4 is 40.7 Å². The highest BCUT2D eigenvalue weighted by Crippen LogP contribution is 2.60. The van der Waals surface area contributed by atoms with Crippen molar-refractivity contribution in [1.29, 1.82) is 0 Å². The molecule has 0 bridgehead atoms. The molecule has 0 aromatic heterocycles. The molecule has 5 atom stereocenters. The first-order chi connectivity index (χ1) is 33.8. The van der Waals surface area contributed by atoms with Crippen LogP contribution in [0.4, 0.5) is 17.1 Å². The molecule has 0 unspecified atom stereocenters. The molecule has 1 fully saturated rings. The van der Waals surface area contributed by atoms with Gasteiger partial charge in [-0.15, -0.1) is 0 Å². The van der Waals surface area contributed by atoms with Crippen LogP contribution in [0.2, 0.25) is 0 Å². The number of amides is 4. The molecular formula is C57H58N4O9. The zero-order valence-electron chi connectivity index (χ0n) is 40.2. The number of carbonyl (C=O) groups excluding carboxylic acids is 4. The third-order valence-corrected chi connectivity index (χ3v) is 14.6. The lowest BCUT2D eigenvalue weighted by Crippen LogP contribution is -2.48. The number of ether oxygens (including phenoxy) is 4. The van der Waals surface area contributed by atoms with Crippen molar-refractivity contribution in [2.45, 2.75) is 69.9 Å². The van der Waals surface area contributed by atoms with Crippen LogP contribution < -0.4 is 29.7 Å². The van der Waals surface area contributed by atoms with Gasteiger partial charge < -0.3 is 44.5 Å². The molecule has 13 nitrogen and oxygen atoms in total. The lowest BCUT2D eigenvalue weighted by molar-refractivity contribution is -0.151. The summed E-state index contributed by atoms with van der Waals surface area (Å²) in [5.74, 6) is -0.0560. The van der Waals surface area contributed by atoms with Crippen molar-refractivity contribution in [2.75, 3.05) is 43.5 Å². The fraction of sp³-hybridized carbons (Fsp3) is 0.298. The molecule has 360 valence electrons. The zero-order chi connectivity index (χ0) is 49.3. The van der Waals surface area contributed by atoms with Gasteiger partial charge in [0.15, 0.2) is 5.60 Å². The number of hydrogen-bond acceptors (Lipinski definition) is 9. The summed E-state index contributed by atoms with van der Waals surface area (Å²) in [6.07, 6.45) is -0.290. The number of aliphatic hydroxyl groups is 1. The average molecular weight is 943 g/mol.